The largest absolute Gasteiger partial charge is 0.385 e. The molecule has 0 aromatic heterocycles. The van der Waals surface area contributed by atoms with E-state index in [4.69, 9.17) is 0 Å². The van der Waals surface area contributed by atoms with Crippen molar-refractivity contribution in [3.8, 4) is 0 Å². The van der Waals surface area contributed by atoms with Gasteiger partial charge in [-0.1, -0.05) is 81.0 Å². The summed E-state index contributed by atoms with van der Waals surface area (Å²) in [6.07, 6.45) is 6.76. The zero-order chi connectivity index (χ0) is 15.2. The Kier molecular flexibility index (Phi) is 6.22. The van der Waals surface area contributed by atoms with Crippen molar-refractivity contribution in [2.45, 2.75) is 64.8 Å². The predicted octanol–water partition coefficient (Wildman–Crippen LogP) is 5.28. The number of hydrogen-bond donors (Lipinski definition) is 1. The van der Waals surface area contributed by atoms with Crippen molar-refractivity contribution < 1.29 is 5.11 Å². The highest BCUT2D eigenvalue weighted by molar-refractivity contribution is 6.83. The quantitative estimate of drug-likeness (QED) is 0.535. The Morgan fingerprint density at radius 3 is 2.30 bits per heavy atom. The standard InChI is InChI=1S/C18H30OSi/c1-6-7-9-14-17(20(3,4)5)15-18(2,19)16-12-10-8-11-13-16/h8,10-14,19H,6-7,9,15H2,1-5H3/b17-14+. The van der Waals surface area contributed by atoms with Gasteiger partial charge in [-0.3, -0.25) is 0 Å². The fourth-order valence-electron chi connectivity index (χ4n) is 2.39. The van der Waals surface area contributed by atoms with Gasteiger partial charge in [-0.15, -0.1) is 0 Å². The molecule has 0 radical (unpaired) electrons. The predicted molar refractivity (Wildman–Crippen MR) is 91.6 cm³/mol. The first-order valence-corrected chi connectivity index (χ1v) is 11.2. The molecule has 0 bridgehead atoms. The number of allylic oxidation sites excluding steroid dienone is 1. The molecule has 1 unspecified atom stereocenters. The molecule has 1 rings (SSSR count). The summed E-state index contributed by atoms with van der Waals surface area (Å²) in [6, 6.07) is 10.0. The normalized spacial score (nSPS) is 16.0. The highest BCUT2D eigenvalue weighted by atomic mass is 28.3. The molecule has 20 heavy (non-hydrogen) atoms. The van der Waals surface area contributed by atoms with Crippen LogP contribution in [0, 0.1) is 0 Å². The molecule has 0 aliphatic rings. The fraction of sp³-hybridized carbons (Fsp3) is 0.556. The van der Waals surface area contributed by atoms with Crippen LogP contribution in [-0.2, 0) is 5.60 Å². The third-order valence-electron chi connectivity index (χ3n) is 3.84. The van der Waals surface area contributed by atoms with Crippen LogP contribution < -0.4 is 0 Å². The summed E-state index contributed by atoms with van der Waals surface area (Å²) in [6.45, 7) is 11.3. The van der Waals surface area contributed by atoms with E-state index in [9.17, 15) is 5.11 Å². The lowest BCUT2D eigenvalue weighted by atomic mass is 9.92. The Morgan fingerprint density at radius 1 is 1.20 bits per heavy atom. The molecule has 1 aromatic carbocycles. The number of unbranched alkanes of at least 4 members (excludes halogenated alkanes) is 2. The van der Waals surface area contributed by atoms with E-state index in [1.165, 1.54) is 18.0 Å². The smallest absolute Gasteiger partial charge is 0.0901 e. The molecule has 0 saturated carbocycles. The fourth-order valence-corrected chi connectivity index (χ4v) is 4.03. The van der Waals surface area contributed by atoms with Crippen molar-refractivity contribution in [1.82, 2.24) is 0 Å². The maximum absolute atomic E-state index is 10.9. The van der Waals surface area contributed by atoms with Crippen LogP contribution in [0.15, 0.2) is 41.6 Å². The van der Waals surface area contributed by atoms with Crippen LogP contribution in [0.2, 0.25) is 19.6 Å². The molecule has 1 N–H and O–H groups in total. The Labute approximate surface area is 125 Å². The molecular weight excluding hydrogens is 260 g/mol. The topological polar surface area (TPSA) is 20.2 Å². The van der Waals surface area contributed by atoms with Crippen LogP contribution in [0.5, 0.6) is 0 Å². The summed E-state index contributed by atoms with van der Waals surface area (Å²) in [5.74, 6) is 0. The van der Waals surface area contributed by atoms with E-state index in [0.717, 1.165) is 18.4 Å². The van der Waals surface area contributed by atoms with Crippen LogP contribution in [0.1, 0.15) is 45.1 Å². The molecule has 112 valence electrons. The summed E-state index contributed by atoms with van der Waals surface area (Å²) in [5.41, 5.74) is 0.249. The second-order valence-corrected chi connectivity index (χ2v) is 12.1. The SMILES string of the molecule is CCCC/C=C(\CC(C)(O)c1ccccc1)[Si](C)(C)C. The summed E-state index contributed by atoms with van der Waals surface area (Å²) in [7, 11) is -1.38. The first-order valence-electron chi connectivity index (χ1n) is 7.75. The van der Waals surface area contributed by atoms with Gasteiger partial charge < -0.3 is 5.11 Å². The van der Waals surface area contributed by atoms with Crippen molar-refractivity contribution >= 4 is 8.07 Å². The van der Waals surface area contributed by atoms with Crippen molar-refractivity contribution in [2.24, 2.45) is 0 Å². The van der Waals surface area contributed by atoms with Crippen LogP contribution in [0.3, 0.4) is 0 Å². The van der Waals surface area contributed by atoms with Gasteiger partial charge in [0, 0.05) is 0 Å². The van der Waals surface area contributed by atoms with Gasteiger partial charge >= 0.3 is 0 Å². The number of rotatable bonds is 7. The average Bonchev–Trinajstić information content (AvgIpc) is 2.37. The van der Waals surface area contributed by atoms with E-state index in [0.29, 0.717) is 0 Å². The van der Waals surface area contributed by atoms with E-state index in [1.54, 1.807) is 0 Å². The molecule has 1 nitrogen and oxygen atoms in total. The Hall–Kier alpha value is -0.863. The van der Waals surface area contributed by atoms with Crippen LogP contribution in [0.4, 0.5) is 0 Å². The van der Waals surface area contributed by atoms with E-state index in [-0.39, 0.29) is 0 Å². The van der Waals surface area contributed by atoms with Crippen molar-refractivity contribution in [1.29, 1.82) is 0 Å². The monoisotopic (exact) mass is 290 g/mol. The van der Waals surface area contributed by atoms with E-state index < -0.39 is 13.7 Å². The van der Waals surface area contributed by atoms with Crippen LogP contribution in [-0.4, -0.2) is 13.2 Å². The van der Waals surface area contributed by atoms with Gasteiger partial charge in [-0.2, -0.15) is 0 Å². The minimum Gasteiger partial charge on any atom is -0.385 e. The molecule has 0 aliphatic carbocycles. The molecular formula is C18H30OSi. The van der Waals surface area contributed by atoms with E-state index >= 15 is 0 Å². The molecule has 1 atom stereocenters. The lowest BCUT2D eigenvalue weighted by Crippen LogP contribution is -2.31. The number of hydrogen-bond acceptors (Lipinski definition) is 1. The van der Waals surface area contributed by atoms with Gasteiger partial charge in [-0.25, -0.2) is 0 Å². The van der Waals surface area contributed by atoms with Gasteiger partial charge in [0.25, 0.3) is 0 Å². The lowest BCUT2D eigenvalue weighted by molar-refractivity contribution is 0.0590. The van der Waals surface area contributed by atoms with Crippen LogP contribution >= 0.6 is 0 Å². The second-order valence-electron chi connectivity index (χ2n) is 6.94. The lowest BCUT2D eigenvalue weighted by Gasteiger charge is -2.30. The van der Waals surface area contributed by atoms with Crippen molar-refractivity contribution in [3.05, 3.63) is 47.2 Å². The highest BCUT2D eigenvalue weighted by Gasteiger charge is 2.29. The molecule has 1 aromatic rings. The zero-order valence-electron chi connectivity index (χ0n) is 13.7. The number of aliphatic hydroxyl groups is 1. The summed E-state index contributed by atoms with van der Waals surface area (Å²) < 4.78 is 0. The maximum atomic E-state index is 10.9. The summed E-state index contributed by atoms with van der Waals surface area (Å²) in [5, 5.41) is 12.3. The maximum Gasteiger partial charge on any atom is 0.0901 e. The van der Waals surface area contributed by atoms with Crippen molar-refractivity contribution in [2.75, 3.05) is 0 Å². The summed E-state index contributed by atoms with van der Waals surface area (Å²) >= 11 is 0. The van der Waals surface area contributed by atoms with Gasteiger partial charge in [0.1, 0.15) is 0 Å². The minimum absolute atomic E-state index is 0.760. The van der Waals surface area contributed by atoms with Gasteiger partial charge in [0.2, 0.25) is 0 Å². The second kappa shape index (κ2) is 7.23. The van der Waals surface area contributed by atoms with Gasteiger partial charge in [0.05, 0.1) is 13.7 Å². The average molecular weight is 291 g/mol. The third kappa shape index (κ3) is 5.26. The molecule has 0 amide bonds. The molecule has 0 aliphatic heterocycles. The Morgan fingerprint density at radius 2 is 1.80 bits per heavy atom. The minimum atomic E-state index is -1.38. The van der Waals surface area contributed by atoms with Crippen LogP contribution in [0.25, 0.3) is 0 Å². The van der Waals surface area contributed by atoms with Crippen molar-refractivity contribution in [3.63, 3.8) is 0 Å². The third-order valence-corrected chi connectivity index (χ3v) is 6.15. The molecule has 0 saturated heterocycles. The highest BCUT2D eigenvalue weighted by Crippen LogP contribution is 2.32. The molecule has 0 heterocycles. The number of benzene rings is 1. The van der Waals surface area contributed by atoms with Gasteiger partial charge in [-0.05, 0) is 25.3 Å². The Bertz CT molecular complexity index is 426. The molecule has 0 spiro atoms. The van der Waals surface area contributed by atoms with E-state index in [1.807, 2.05) is 37.3 Å². The van der Waals surface area contributed by atoms with Gasteiger partial charge in [0.15, 0.2) is 0 Å². The summed E-state index contributed by atoms with van der Waals surface area (Å²) in [4.78, 5) is 0. The zero-order valence-corrected chi connectivity index (χ0v) is 14.7. The Balaban J connectivity index is 2.92. The molecule has 2 heteroatoms. The first-order chi connectivity index (χ1) is 9.27. The first kappa shape index (κ1) is 17.2. The van der Waals surface area contributed by atoms with E-state index in [2.05, 4.69) is 32.6 Å². The molecule has 0 fully saturated rings.